The van der Waals surface area contributed by atoms with Crippen LogP contribution < -0.4 is 19.1 Å². The first kappa shape index (κ1) is 31.9. The van der Waals surface area contributed by atoms with Gasteiger partial charge >= 0.3 is 0 Å². The van der Waals surface area contributed by atoms with Crippen molar-refractivity contribution in [3.63, 3.8) is 0 Å². The molecule has 1 saturated carbocycles. The van der Waals surface area contributed by atoms with Crippen molar-refractivity contribution in [1.82, 2.24) is 10.2 Å². The smallest absolute Gasteiger partial charge is 0.244 e. The molecule has 0 spiro atoms. The number of amides is 2. The summed E-state index contributed by atoms with van der Waals surface area (Å²) in [6, 6.07) is 21.2. The van der Waals surface area contributed by atoms with E-state index in [1.165, 1.54) is 25.2 Å². The molecule has 1 aliphatic carbocycles. The molecule has 0 saturated heterocycles. The number of carbonyl (C=O) groups excluding carboxylic acids is 2. The van der Waals surface area contributed by atoms with Crippen LogP contribution in [0.2, 0.25) is 0 Å². The Balaban J connectivity index is 1.74. The maximum absolute atomic E-state index is 14.3. The lowest BCUT2D eigenvalue weighted by Gasteiger charge is -2.34. The summed E-state index contributed by atoms with van der Waals surface area (Å²) in [5.74, 6) is 0.0206. The summed E-state index contributed by atoms with van der Waals surface area (Å²) in [5.41, 5.74) is 3.01. The molecule has 4 rings (SSSR count). The van der Waals surface area contributed by atoms with E-state index in [-0.39, 0.29) is 30.6 Å². The van der Waals surface area contributed by atoms with E-state index in [0.29, 0.717) is 11.5 Å². The normalized spacial score (nSPS) is 14.1. The molecule has 0 bridgehead atoms. The first-order chi connectivity index (χ1) is 20.6. The number of nitrogens with one attached hydrogen (secondary N) is 1. The molecule has 1 fully saturated rings. The number of methoxy groups -OCH3 is 2. The highest BCUT2D eigenvalue weighted by atomic mass is 32.2. The number of benzene rings is 3. The van der Waals surface area contributed by atoms with Gasteiger partial charge in [0.2, 0.25) is 21.8 Å². The second-order valence-corrected chi connectivity index (χ2v) is 12.9. The largest absolute Gasteiger partial charge is 0.493 e. The van der Waals surface area contributed by atoms with Crippen molar-refractivity contribution in [1.29, 1.82) is 0 Å². The molecule has 230 valence electrons. The molecule has 3 aromatic rings. The average Bonchev–Trinajstić information content (AvgIpc) is 3.50. The van der Waals surface area contributed by atoms with E-state index >= 15 is 0 Å². The Kier molecular flexibility index (Phi) is 10.7. The summed E-state index contributed by atoms with van der Waals surface area (Å²) in [6.07, 6.45) is 5.24. The van der Waals surface area contributed by atoms with Gasteiger partial charge in [-0.15, -0.1) is 0 Å². The Morgan fingerprint density at radius 2 is 1.58 bits per heavy atom. The van der Waals surface area contributed by atoms with Crippen LogP contribution in [0.1, 0.15) is 42.4 Å². The van der Waals surface area contributed by atoms with E-state index in [4.69, 9.17) is 9.47 Å². The number of anilines is 1. The number of aryl methyl sites for hydroxylation is 1. The Bertz CT molecular complexity index is 1510. The second-order valence-electron chi connectivity index (χ2n) is 11.0. The average molecular weight is 608 g/mol. The predicted molar refractivity (Wildman–Crippen MR) is 168 cm³/mol. The van der Waals surface area contributed by atoms with Gasteiger partial charge in [-0.05, 0) is 43.0 Å². The van der Waals surface area contributed by atoms with Gasteiger partial charge in [0, 0.05) is 25.1 Å². The highest BCUT2D eigenvalue weighted by Gasteiger charge is 2.34. The number of rotatable bonds is 13. The van der Waals surface area contributed by atoms with Gasteiger partial charge in [0.15, 0.2) is 11.5 Å². The van der Waals surface area contributed by atoms with Gasteiger partial charge in [0.05, 0.1) is 26.2 Å². The molecular formula is C33H41N3O6S. The molecule has 2 amide bonds. The van der Waals surface area contributed by atoms with Crippen LogP contribution >= 0.6 is 0 Å². The number of ether oxygens (including phenoxy) is 2. The van der Waals surface area contributed by atoms with Crippen LogP contribution in [-0.2, 0) is 32.6 Å². The Morgan fingerprint density at radius 3 is 2.21 bits per heavy atom. The van der Waals surface area contributed by atoms with Crippen molar-refractivity contribution in [3.05, 3.63) is 89.5 Å². The Morgan fingerprint density at radius 1 is 0.907 bits per heavy atom. The van der Waals surface area contributed by atoms with E-state index in [0.717, 1.165) is 52.9 Å². The van der Waals surface area contributed by atoms with Gasteiger partial charge in [-0.1, -0.05) is 73.0 Å². The lowest BCUT2D eigenvalue weighted by atomic mass is 10.0. The van der Waals surface area contributed by atoms with Crippen LogP contribution in [0.5, 0.6) is 11.5 Å². The zero-order valence-electron chi connectivity index (χ0n) is 25.3. The van der Waals surface area contributed by atoms with Crippen molar-refractivity contribution in [3.8, 4) is 11.5 Å². The highest BCUT2D eigenvalue weighted by Crippen LogP contribution is 2.32. The van der Waals surface area contributed by atoms with Crippen LogP contribution in [0.25, 0.3) is 0 Å². The summed E-state index contributed by atoms with van der Waals surface area (Å²) >= 11 is 0. The minimum absolute atomic E-state index is 0.0565. The fourth-order valence-electron chi connectivity index (χ4n) is 5.52. The zero-order valence-corrected chi connectivity index (χ0v) is 26.1. The highest BCUT2D eigenvalue weighted by molar-refractivity contribution is 7.92. The van der Waals surface area contributed by atoms with Gasteiger partial charge in [0.1, 0.15) is 12.6 Å². The summed E-state index contributed by atoms with van der Waals surface area (Å²) in [7, 11) is -0.960. The topological polar surface area (TPSA) is 105 Å². The molecule has 43 heavy (non-hydrogen) atoms. The van der Waals surface area contributed by atoms with E-state index in [1.54, 1.807) is 12.1 Å². The molecule has 1 atom stereocenters. The molecule has 0 heterocycles. The Hall–Kier alpha value is -4.05. The molecule has 1 aliphatic rings. The summed E-state index contributed by atoms with van der Waals surface area (Å²) in [6.45, 7) is 1.61. The first-order valence-corrected chi connectivity index (χ1v) is 16.3. The predicted octanol–water partition coefficient (Wildman–Crippen LogP) is 4.48. The number of carbonyl (C=O) groups is 2. The van der Waals surface area contributed by atoms with E-state index in [9.17, 15) is 18.0 Å². The van der Waals surface area contributed by atoms with Gasteiger partial charge in [-0.25, -0.2) is 8.42 Å². The quantitative estimate of drug-likeness (QED) is 0.307. The molecule has 3 aromatic carbocycles. The number of hydrogen-bond donors (Lipinski definition) is 1. The standard InChI is InChI=1S/C33H41N3O6S/c1-24-11-10-14-26(19-24)22-35(29(20-25-12-6-5-7-13-25)33(38)34-27-15-8-9-16-27)32(37)23-36(43(4,39)40)28-17-18-30(41-2)31(21-28)42-3/h5-7,10-14,17-19,21,27,29H,8-9,15-16,20,22-23H2,1-4H3,(H,34,38)/t29-/m0/s1. The van der Waals surface area contributed by atoms with Crippen molar-refractivity contribution >= 4 is 27.5 Å². The second kappa shape index (κ2) is 14.4. The minimum Gasteiger partial charge on any atom is -0.493 e. The number of hydrogen-bond acceptors (Lipinski definition) is 6. The molecule has 9 nitrogen and oxygen atoms in total. The van der Waals surface area contributed by atoms with Crippen molar-refractivity contribution in [2.45, 2.75) is 57.7 Å². The van der Waals surface area contributed by atoms with Gasteiger partial charge < -0.3 is 19.7 Å². The van der Waals surface area contributed by atoms with Crippen LogP contribution in [0, 0.1) is 6.92 Å². The summed E-state index contributed by atoms with van der Waals surface area (Å²) in [4.78, 5) is 29.8. The van der Waals surface area contributed by atoms with Crippen LogP contribution in [0.4, 0.5) is 5.69 Å². The van der Waals surface area contributed by atoms with E-state index < -0.39 is 28.5 Å². The van der Waals surface area contributed by atoms with Crippen LogP contribution in [0.15, 0.2) is 72.8 Å². The van der Waals surface area contributed by atoms with Gasteiger partial charge in [-0.2, -0.15) is 0 Å². The summed E-state index contributed by atoms with van der Waals surface area (Å²) < 4.78 is 37.9. The minimum atomic E-state index is -3.91. The monoisotopic (exact) mass is 607 g/mol. The number of nitrogens with zero attached hydrogens (tertiary/aromatic N) is 2. The van der Waals surface area contributed by atoms with Crippen molar-refractivity contribution < 1.29 is 27.5 Å². The molecular weight excluding hydrogens is 566 g/mol. The van der Waals surface area contributed by atoms with Crippen molar-refractivity contribution in [2.75, 3.05) is 31.3 Å². The lowest BCUT2D eigenvalue weighted by molar-refractivity contribution is -0.140. The first-order valence-electron chi connectivity index (χ1n) is 14.5. The molecule has 0 aromatic heterocycles. The maximum Gasteiger partial charge on any atom is 0.244 e. The third-order valence-electron chi connectivity index (χ3n) is 7.74. The van der Waals surface area contributed by atoms with Gasteiger partial charge in [-0.3, -0.25) is 13.9 Å². The van der Waals surface area contributed by atoms with E-state index in [1.807, 2.05) is 61.5 Å². The third-order valence-corrected chi connectivity index (χ3v) is 8.88. The fraction of sp³-hybridized carbons (Fsp3) is 0.394. The number of sulfonamides is 1. The maximum atomic E-state index is 14.3. The Labute approximate surface area is 254 Å². The van der Waals surface area contributed by atoms with Gasteiger partial charge in [0.25, 0.3) is 0 Å². The zero-order chi connectivity index (χ0) is 31.0. The van der Waals surface area contributed by atoms with Crippen molar-refractivity contribution in [2.24, 2.45) is 0 Å². The molecule has 0 aliphatic heterocycles. The van der Waals surface area contributed by atoms with E-state index in [2.05, 4.69) is 5.32 Å². The molecule has 0 unspecified atom stereocenters. The summed E-state index contributed by atoms with van der Waals surface area (Å²) in [5, 5.41) is 3.18. The lowest BCUT2D eigenvalue weighted by Crippen LogP contribution is -2.54. The molecule has 1 N–H and O–H groups in total. The fourth-order valence-corrected chi connectivity index (χ4v) is 6.36. The molecule has 10 heteroatoms. The SMILES string of the molecule is COc1ccc(N(CC(=O)N(Cc2cccc(C)c2)[C@@H](Cc2ccccc2)C(=O)NC2CCCC2)S(C)(=O)=O)cc1OC. The van der Waals surface area contributed by atoms with Crippen LogP contribution in [-0.4, -0.2) is 64.2 Å². The third kappa shape index (κ3) is 8.50. The van der Waals surface area contributed by atoms with Crippen LogP contribution in [0.3, 0.4) is 0 Å². The molecule has 0 radical (unpaired) electrons.